The molecule has 0 aliphatic rings. The van der Waals surface area contributed by atoms with Gasteiger partial charge in [-0.25, -0.2) is 4.39 Å². The van der Waals surface area contributed by atoms with Crippen molar-refractivity contribution in [2.24, 2.45) is 5.84 Å². The number of nitrogens with two attached hydrogens (primary N) is 1. The Morgan fingerprint density at radius 1 is 1.30 bits per heavy atom. The average molecular weight is 358 g/mol. The lowest BCUT2D eigenvalue weighted by atomic mass is 9.96. The van der Waals surface area contributed by atoms with Gasteiger partial charge in [0, 0.05) is 4.47 Å². The predicted octanol–water partition coefficient (Wildman–Crippen LogP) is 4.30. The van der Waals surface area contributed by atoms with Gasteiger partial charge in [-0.3, -0.25) is 11.3 Å². The first-order chi connectivity index (χ1) is 9.51. The van der Waals surface area contributed by atoms with Crippen LogP contribution in [0.2, 0.25) is 5.02 Å². The van der Waals surface area contributed by atoms with Crippen LogP contribution in [0, 0.1) is 12.7 Å². The van der Waals surface area contributed by atoms with Gasteiger partial charge in [0.1, 0.15) is 5.82 Å². The molecule has 0 saturated carbocycles. The predicted molar refractivity (Wildman–Crippen MR) is 84.1 cm³/mol. The summed E-state index contributed by atoms with van der Waals surface area (Å²) in [6.07, 6.45) is 0.633. The third-order valence-electron chi connectivity index (χ3n) is 3.24. The van der Waals surface area contributed by atoms with Gasteiger partial charge in [0.25, 0.3) is 0 Å². The second-order valence-electron chi connectivity index (χ2n) is 4.67. The van der Waals surface area contributed by atoms with Crippen LogP contribution in [-0.2, 0) is 6.42 Å². The van der Waals surface area contributed by atoms with Gasteiger partial charge in [0.05, 0.1) is 11.1 Å². The van der Waals surface area contributed by atoms with Crippen molar-refractivity contribution < 1.29 is 4.39 Å². The Morgan fingerprint density at radius 2 is 2.05 bits per heavy atom. The normalized spacial score (nSPS) is 12.4. The zero-order valence-electron chi connectivity index (χ0n) is 11.0. The van der Waals surface area contributed by atoms with Crippen LogP contribution in [0.25, 0.3) is 0 Å². The number of aryl methyl sites for hydroxylation is 1. The van der Waals surface area contributed by atoms with Crippen LogP contribution >= 0.6 is 27.5 Å². The van der Waals surface area contributed by atoms with E-state index in [1.165, 1.54) is 6.07 Å². The molecule has 0 saturated heterocycles. The summed E-state index contributed by atoms with van der Waals surface area (Å²) in [4.78, 5) is 0. The van der Waals surface area contributed by atoms with Crippen LogP contribution in [0.5, 0.6) is 0 Å². The number of hydrogen-bond acceptors (Lipinski definition) is 2. The van der Waals surface area contributed by atoms with Crippen LogP contribution < -0.4 is 11.3 Å². The second kappa shape index (κ2) is 6.68. The van der Waals surface area contributed by atoms with Crippen molar-refractivity contribution in [3.05, 3.63) is 68.4 Å². The Kier molecular flexibility index (Phi) is 5.16. The Bertz CT molecular complexity index is 619. The third-order valence-corrected chi connectivity index (χ3v) is 4.02. The largest absolute Gasteiger partial charge is 0.271 e. The zero-order chi connectivity index (χ0) is 14.7. The van der Waals surface area contributed by atoms with Crippen molar-refractivity contribution >= 4 is 27.5 Å². The molecule has 2 aromatic rings. The summed E-state index contributed by atoms with van der Waals surface area (Å²) >= 11 is 9.27. The van der Waals surface area contributed by atoms with E-state index in [9.17, 15) is 4.39 Å². The van der Waals surface area contributed by atoms with Crippen LogP contribution in [0.4, 0.5) is 4.39 Å². The fourth-order valence-electron chi connectivity index (χ4n) is 2.15. The lowest BCUT2D eigenvalue weighted by Crippen LogP contribution is -2.30. The van der Waals surface area contributed by atoms with Gasteiger partial charge in [-0.1, -0.05) is 39.7 Å². The van der Waals surface area contributed by atoms with Gasteiger partial charge in [0.2, 0.25) is 0 Å². The highest BCUT2D eigenvalue weighted by atomic mass is 79.9. The average Bonchev–Trinajstić information content (AvgIpc) is 2.43. The van der Waals surface area contributed by atoms with E-state index in [-0.39, 0.29) is 11.1 Å². The van der Waals surface area contributed by atoms with Crippen molar-refractivity contribution in [2.45, 2.75) is 19.4 Å². The summed E-state index contributed by atoms with van der Waals surface area (Å²) in [7, 11) is 0. The number of halogens is 3. The quantitative estimate of drug-likeness (QED) is 0.632. The molecule has 0 aliphatic heterocycles. The highest BCUT2D eigenvalue weighted by Crippen LogP contribution is 2.26. The van der Waals surface area contributed by atoms with Gasteiger partial charge in [0.15, 0.2) is 0 Å². The molecule has 2 rings (SSSR count). The molecule has 0 aliphatic carbocycles. The zero-order valence-corrected chi connectivity index (χ0v) is 13.3. The first kappa shape index (κ1) is 15.4. The molecule has 20 heavy (non-hydrogen) atoms. The Hall–Kier alpha value is -0.940. The molecule has 3 N–H and O–H groups in total. The van der Waals surface area contributed by atoms with Crippen molar-refractivity contribution in [3.63, 3.8) is 0 Å². The molecular weight excluding hydrogens is 343 g/mol. The Morgan fingerprint density at radius 3 is 2.70 bits per heavy atom. The van der Waals surface area contributed by atoms with E-state index in [4.69, 9.17) is 17.4 Å². The van der Waals surface area contributed by atoms with Gasteiger partial charge in [-0.2, -0.15) is 0 Å². The molecule has 1 atom stereocenters. The fraction of sp³-hybridized carbons (Fsp3) is 0.200. The fourth-order valence-corrected chi connectivity index (χ4v) is 2.73. The van der Waals surface area contributed by atoms with Gasteiger partial charge >= 0.3 is 0 Å². The second-order valence-corrected chi connectivity index (χ2v) is 6.00. The molecule has 0 amide bonds. The van der Waals surface area contributed by atoms with E-state index in [1.807, 2.05) is 25.1 Å². The van der Waals surface area contributed by atoms with E-state index < -0.39 is 5.82 Å². The van der Waals surface area contributed by atoms with Crippen molar-refractivity contribution in [3.8, 4) is 0 Å². The van der Waals surface area contributed by atoms with Gasteiger partial charge in [-0.15, -0.1) is 0 Å². The van der Waals surface area contributed by atoms with Gasteiger partial charge < -0.3 is 0 Å². The molecule has 0 fully saturated rings. The van der Waals surface area contributed by atoms with Crippen LogP contribution in [0.3, 0.4) is 0 Å². The molecule has 2 aromatic carbocycles. The number of rotatable bonds is 4. The smallest absolute Gasteiger partial charge is 0.141 e. The highest BCUT2D eigenvalue weighted by molar-refractivity contribution is 9.10. The maximum absolute atomic E-state index is 13.2. The monoisotopic (exact) mass is 356 g/mol. The highest BCUT2D eigenvalue weighted by Gasteiger charge is 2.14. The van der Waals surface area contributed by atoms with E-state index in [2.05, 4.69) is 21.4 Å². The maximum Gasteiger partial charge on any atom is 0.141 e. The van der Waals surface area contributed by atoms with Crippen molar-refractivity contribution in [1.82, 2.24) is 5.43 Å². The first-order valence-electron chi connectivity index (χ1n) is 6.17. The minimum atomic E-state index is -0.411. The molecule has 0 radical (unpaired) electrons. The summed E-state index contributed by atoms with van der Waals surface area (Å²) in [5.41, 5.74) is 5.98. The number of hydrogen-bond donors (Lipinski definition) is 2. The van der Waals surface area contributed by atoms with Gasteiger partial charge in [-0.05, 0) is 54.3 Å². The Labute approximate surface area is 131 Å². The lowest BCUT2D eigenvalue weighted by molar-refractivity contribution is 0.548. The SMILES string of the molecule is Cc1ccc(Br)cc1C(Cc1ccc(F)c(Cl)c1)NN. The summed E-state index contributed by atoms with van der Waals surface area (Å²) in [6, 6.07) is 10.7. The van der Waals surface area contributed by atoms with E-state index >= 15 is 0 Å². The molecule has 0 heterocycles. The van der Waals surface area contributed by atoms with Crippen molar-refractivity contribution in [2.75, 3.05) is 0 Å². The number of nitrogens with one attached hydrogen (secondary N) is 1. The topological polar surface area (TPSA) is 38.0 Å². The summed E-state index contributed by atoms with van der Waals surface area (Å²) in [6.45, 7) is 2.03. The minimum absolute atomic E-state index is 0.0611. The standard InChI is InChI=1S/C15H15BrClFN2/c1-9-2-4-11(16)8-12(9)15(20-19)7-10-3-5-14(18)13(17)6-10/h2-6,8,15,20H,7,19H2,1H3. The number of benzene rings is 2. The Balaban J connectivity index is 2.28. The van der Waals surface area contributed by atoms with Crippen LogP contribution in [0.1, 0.15) is 22.7 Å². The molecule has 5 heteroatoms. The first-order valence-corrected chi connectivity index (χ1v) is 7.34. The van der Waals surface area contributed by atoms with E-state index in [1.54, 1.807) is 12.1 Å². The van der Waals surface area contributed by atoms with E-state index in [0.29, 0.717) is 6.42 Å². The van der Waals surface area contributed by atoms with Crippen LogP contribution in [0.15, 0.2) is 40.9 Å². The summed E-state index contributed by atoms with van der Waals surface area (Å²) in [5.74, 6) is 5.26. The number of hydrazine groups is 1. The lowest BCUT2D eigenvalue weighted by Gasteiger charge is -2.19. The molecule has 0 aromatic heterocycles. The third kappa shape index (κ3) is 3.58. The molecule has 106 valence electrons. The summed E-state index contributed by atoms with van der Waals surface area (Å²) < 4.78 is 14.2. The summed E-state index contributed by atoms with van der Waals surface area (Å²) in [5, 5.41) is 0.129. The van der Waals surface area contributed by atoms with Crippen LogP contribution in [-0.4, -0.2) is 0 Å². The minimum Gasteiger partial charge on any atom is -0.271 e. The molecule has 2 nitrogen and oxygen atoms in total. The maximum atomic E-state index is 13.2. The molecule has 1 unspecified atom stereocenters. The molecule has 0 bridgehead atoms. The van der Waals surface area contributed by atoms with E-state index in [0.717, 1.165) is 21.2 Å². The molecular formula is C15H15BrClFN2. The molecule has 0 spiro atoms. The van der Waals surface area contributed by atoms with Crippen molar-refractivity contribution in [1.29, 1.82) is 0 Å².